The van der Waals surface area contributed by atoms with Crippen LogP contribution in [0, 0.1) is 0 Å². The van der Waals surface area contributed by atoms with Crippen molar-refractivity contribution in [1.82, 2.24) is 9.97 Å². The number of carbonyl (C=O) groups excluding carboxylic acids is 1. The van der Waals surface area contributed by atoms with Gasteiger partial charge in [0.15, 0.2) is 0 Å². The lowest BCUT2D eigenvalue weighted by molar-refractivity contribution is 0.0601. The van der Waals surface area contributed by atoms with Gasteiger partial charge in [-0.05, 0) is 23.6 Å². The van der Waals surface area contributed by atoms with Crippen molar-refractivity contribution in [2.45, 2.75) is 0 Å². The molecule has 0 bridgehead atoms. The molecule has 0 atom stereocenters. The van der Waals surface area contributed by atoms with E-state index in [-0.39, 0.29) is 11.3 Å². The van der Waals surface area contributed by atoms with E-state index in [1.54, 1.807) is 23.6 Å². The summed E-state index contributed by atoms with van der Waals surface area (Å²) >= 11 is 1.22. The number of aromatic amines is 1. The van der Waals surface area contributed by atoms with Crippen molar-refractivity contribution in [1.29, 1.82) is 0 Å². The van der Waals surface area contributed by atoms with Gasteiger partial charge in [-0.25, -0.2) is 9.78 Å². The Kier molecular flexibility index (Phi) is 4.05. The molecule has 1 aromatic heterocycles. The number of nitrogens with zero attached hydrogens (tertiary/aromatic N) is 1. The number of benzene rings is 1. The smallest absolute Gasteiger partial charge is 0.337 e. The lowest BCUT2D eigenvalue weighted by Gasteiger charge is -2.05. The maximum absolute atomic E-state index is 11.9. The Morgan fingerprint density at radius 3 is 2.90 bits per heavy atom. The molecule has 20 heavy (non-hydrogen) atoms. The van der Waals surface area contributed by atoms with Crippen LogP contribution in [0.15, 0.2) is 41.6 Å². The number of fused-ring (bicyclic) bond motifs is 1. The molecular formula is C14H12N2O3S. The Balaban J connectivity index is 2.60. The van der Waals surface area contributed by atoms with Gasteiger partial charge in [0.1, 0.15) is 5.69 Å². The van der Waals surface area contributed by atoms with Gasteiger partial charge in [-0.1, -0.05) is 24.9 Å². The first-order valence-corrected chi connectivity index (χ1v) is 6.54. The molecule has 0 aliphatic heterocycles. The number of aromatic nitrogens is 2. The summed E-state index contributed by atoms with van der Waals surface area (Å²) in [6.45, 7) is 7.34. The summed E-state index contributed by atoms with van der Waals surface area (Å²) in [7, 11) is 1.31. The number of esters is 1. The van der Waals surface area contributed by atoms with Crippen molar-refractivity contribution in [3.8, 4) is 0 Å². The zero-order valence-corrected chi connectivity index (χ0v) is 11.6. The van der Waals surface area contributed by atoms with Crippen molar-refractivity contribution in [2.75, 3.05) is 7.11 Å². The zero-order valence-electron chi connectivity index (χ0n) is 10.8. The molecule has 0 radical (unpaired) electrons. The molecule has 0 saturated carbocycles. The second kappa shape index (κ2) is 5.75. The monoisotopic (exact) mass is 288 g/mol. The predicted molar refractivity (Wildman–Crippen MR) is 80.5 cm³/mol. The number of methoxy groups -OCH3 is 1. The highest BCUT2D eigenvalue weighted by molar-refractivity contribution is 8.10. The van der Waals surface area contributed by atoms with Gasteiger partial charge in [-0.15, -0.1) is 0 Å². The van der Waals surface area contributed by atoms with E-state index in [2.05, 4.69) is 27.9 Å². The van der Waals surface area contributed by atoms with Crippen LogP contribution in [-0.2, 0) is 4.74 Å². The van der Waals surface area contributed by atoms with Gasteiger partial charge in [-0.3, -0.25) is 4.79 Å². The van der Waals surface area contributed by atoms with Gasteiger partial charge in [0.25, 0.3) is 5.56 Å². The summed E-state index contributed by atoms with van der Waals surface area (Å²) < 4.78 is 4.65. The first kappa shape index (κ1) is 14.1. The lowest BCUT2D eigenvalue weighted by Crippen LogP contribution is -2.14. The highest BCUT2D eigenvalue weighted by Crippen LogP contribution is 2.23. The molecule has 0 amide bonds. The van der Waals surface area contributed by atoms with Crippen LogP contribution in [0.2, 0.25) is 0 Å². The Bertz CT molecular complexity index is 765. The van der Waals surface area contributed by atoms with Crippen LogP contribution in [0.3, 0.4) is 0 Å². The van der Waals surface area contributed by atoms with E-state index in [0.29, 0.717) is 21.5 Å². The largest absolute Gasteiger partial charge is 0.465 e. The molecule has 5 nitrogen and oxygen atoms in total. The van der Waals surface area contributed by atoms with Gasteiger partial charge in [0.2, 0.25) is 0 Å². The van der Waals surface area contributed by atoms with E-state index in [1.165, 1.54) is 18.9 Å². The molecular weight excluding hydrogens is 276 g/mol. The molecule has 1 N–H and O–H groups in total. The van der Waals surface area contributed by atoms with Crippen molar-refractivity contribution in [3.63, 3.8) is 0 Å². The van der Waals surface area contributed by atoms with Crippen LogP contribution in [0.5, 0.6) is 0 Å². The third-order valence-electron chi connectivity index (χ3n) is 2.60. The van der Waals surface area contributed by atoms with Crippen molar-refractivity contribution < 1.29 is 9.53 Å². The highest BCUT2D eigenvalue weighted by Gasteiger charge is 2.11. The predicted octanol–water partition coefficient (Wildman–Crippen LogP) is 2.56. The van der Waals surface area contributed by atoms with E-state index >= 15 is 0 Å². The average molecular weight is 288 g/mol. The van der Waals surface area contributed by atoms with Crippen molar-refractivity contribution in [2.24, 2.45) is 0 Å². The minimum absolute atomic E-state index is 0.212. The van der Waals surface area contributed by atoms with E-state index in [1.807, 2.05) is 0 Å². The van der Waals surface area contributed by atoms with E-state index in [0.717, 1.165) is 0 Å². The molecule has 102 valence electrons. The van der Waals surface area contributed by atoms with Crippen LogP contribution in [0.1, 0.15) is 16.1 Å². The molecule has 0 saturated heterocycles. The summed E-state index contributed by atoms with van der Waals surface area (Å²) in [4.78, 5) is 30.8. The van der Waals surface area contributed by atoms with Crippen LogP contribution in [0.25, 0.3) is 15.9 Å². The van der Waals surface area contributed by atoms with Crippen molar-refractivity contribution >= 4 is 33.7 Å². The second-order valence-corrected chi connectivity index (χ2v) is 4.91. The van der Waals surface area contributed by atoms with E-state index < -0.39 is 5.97 Å². The molecule has 1 heterocycles. The number of rotatable bonds is 4. The van der Waals surface area contributed by atoms with Gasteiger partial charge >= 0.3 is 5.97 Å². The van der Waals surface area contributed by atoms with Gasteiger partial charge in [0.05, 0.1) is 23.7 Å². The Morgan fingerprint density at radius 1 is 1.50 bits per heavy atom. The first-order valence-electron chi connectivity index (χ1n) is 5.66. The van der Waals surface area contributed by atoms with E-state index in [9.17, 15) is 9.59 Å². The Labute approximate surface area is 119 Å². The maximum atomic E-state index is 11.9. The van der Waals surface area contributed by atoms with Crippen LogP contribution >= 0.6 is 11.8 Å². The first-order chi connectivity index (χ1) is 9.56. The SMILES string of the molecule is C=CSC(=C)c1nc2cc(C(=O)OC)ccc2[nH]c1=O. The average Bonchev–Trinajstić information content (AvgIpc) is 2.45. The fraction of sp³-hybridized carbons (Fsp3) is 0.0714. The number of hydrogen-bond donors (Lipinski definition) is 1. The van der Waals surface area contributed by atoms with Gasteiger partial charge in [0, 0.05) is 4.91 Å². The number of carbonyl (C=O) groups is 1. The number of thioether (sulfide) groups is 1. The third kappa shape index (κ3) is 2.65. The highest BCUT2D eigenvalue weighted by atomic mass is 32.2. The van der Waals surface area contributed by atoms with Crippen LogP contribution < -0.4 is 5.56 Å². The molecule has 0 spiro atoms. The van der Waals surface area contributed by atoms with Gasteiger partial charge < -0.3 is 9.72 Å². The minimum atomic E-state index is -0.458. The summed E-state index contributed by atoms with van der Waals surface area (Å²) in [5.41, 5.74) is 1.29. The topological polar surface area (TPSA) is 72.0 Å². The molecule has 0 aliphatic rings. The molecule has 2 aromatic rings. The normalized spacial score (nSPS) is 10.2. The maximum Gasteiger partial charge on any atom is 0.337 e. The molecule has 0 unspecified atom stereocenters. The summed E-state index contributed by atoms with van der Waals surface area (Å²) in [5, 5.41) is 1.57. The Morgan fingerprint density at radius 2 is 2.25 bits per heavy atom. The lowest BCUT2D eigenvalue weighted by atomic mass is 10.2. The number of hydrogen-bond acceptors (Lipinski definition) is 5. The van der Waals surface area contributed by atoms with Crippen molar-refractivity contribution in [3.05, 3.63) is 58.4 Å². The number of nitrogens with one attached hydrogen (secondary N) is 1. The van der Waals surface area contributed by atoms with Crippen LogP contribution in [0.4, 0.5) is 0 Å². The van der Waals surface area contributed by atoms with Crippen LogP contribution in [-0.4, -0.2) is 23.0 Å². The molecule has 0 aliphatic carbocycles. The number of ether oxygens (including phenoxy) is 1. The quantitative estimate of drug-likeness (QED) is 0.875. The second-order valence-electron chi connectivity index (χ2n) is 3.85. The molecule has 0 fully saturated rings. The van der Waals surface area contributed by atoms with E-state index in [4.69, 9.17) is 0 Å². The van der Waals surface area contributed by atoms with Gasteiger partial charge in [-0.2, -0.15) is 0 Å². The number of H-pyrrole nitrogens is 1. The summed E-state index contributed by atoms with van der Waals surface area (Å²) in [6.07, 6.45) is 0. The Hall–Kier alpha value is -2.34. The summed E-state index contributed by atoms with van der Waals surface area (Å²) in [5.74, 6) is -0.458. The fourth-order valence-electron chi connectivity index (χ4n) is 1.67. The standard InChI is InChI=1S/C14H12N2O3S/c1-4-20-8(2)12-13(17)16-10-6-5-9(14(18)19-3)7-11(10)15-12/h4-7H,1-2H2,3H3,(H,16,17). The molecule has 1 aromatic carbocycles. The third-order valence-corrected chi connectivity index (χ3v) is 3.25. The molecule has 2 rings (SSSR count). The zero-order chi connectivity index (χ0) is 14.7. The fourth-order valence-corrected chi connectivity index (χ4v) is 2.12. The summed E-state index contributed by atoms with van der Waals surface area (Å²) in [6, 6.07) is 4.74. The minimum Gasteiger partial charge on any atom is -0.465 e. The molecule has 6 heteroatoms.